The van der Waals surface area contributed by atoms with Crippen LogP contribution in [-0.4, -0.2) is 39.3 Å². The molecule has 154 valence electrons. The van der Waals surface area contributed by atoms with Crippen molar-refractivity contribution in [3.05, 3.63) is 47.2 Å². The first-order chi connectivity index (χ1) is 14.3. The van der Waals surface area contributed by atoms with Crippen molar-refractivity contribution in [3.8, 4) is 28.9 Å². The second-order valence-corrected chi connectivity index (χ2v) is 7.38. The van der Waals surface area contributed by atoms with Crippen molar-refractivity contribution in [3.63, 3.8) is 0 Å². The lowest BCUT2D eigenvalue weighted by Crippen LogP contribution is -2.27. The SMILES string of the molecule is Cc1cc(CCC(=O)O)ccc1-c1noc(-c2cnc(N(C)C(C)C)c(C#N)c2)n1. The van der Waals surface area contributed by atoms with Gasteiger partial charge in [0.2, 0.25) is 5.82 Å². The molecule has 0 atom stereocenters. The highest BCUT2D eigenvalue weighted by Gasteiger charge is 2.17. The molecular formula is C22H23N5O3. The highest BCUT2D eigenvalue weighted by Crippen LogP contribution is 2.28. The van der Waals surface area contributed by atoms with E-state index in [0.717, 1.165) is 16.7 Å². The Kier molecular flexibility index (Phi) is 6.11. The van der Waals surface area contributed by atoms with Gasteiger partial charge < -0.3 is 14.5 Å². The van der Waals surface area contributed by atoms with Crippen LogP contribution in [0.15, 0.2) is 35.0 Å². The summed E-state index contributed by atoms with van der Waals surface area (Å²) < 4.78 is 5.41. The zero-order valence-corrected chi connectivity index (χ0v) is 17.4. The van der Waals surface area contributed by atoms with Crippen LogP contribution < -0.4 is 4.90 Å². The van der Waals surface area contributed by atoms with Crippen molar-refractivity contribution >= 4 is 11.8 Å². The molecular weight excluding hydrogens is 382 g/mol. The van der Waals surface area contributed by atoms with Crippen molar-refractivity contribution in [2.45, 2.75) is 39.7 Å². The summed E-state index contributed by atoms with van der Waals surface area (Å²) in [5.41, 5.74) is 3.67. The Morgan fingerprint density at radius 2 is 2.10 bits per heavy atom. The molecule has 1 N–H and O–H groups in total. The molecule has 8 nitrogen and oxygen atoms in total. The van der Waals surface area contributed by atoms with Crippen LogP contribution in [0.2, 0.25) is 0 Å². The molecule has 0 spiro atoms. The zero-order valence-electron chi connectivity index (χ0n) is 17.4. The van der Waals surface area contributed by atoms with Gasteiger partial charge in [-0.25, -0.2) is 4.98 Å². The molecule has 2 heterocycles. The third-order valence-corrected chi connectivity index (χ3v) is 4.93. The van der Waals surface area contributed by atoms with Crippen LogP contribution >= 0.6 is 0 Å². The highest BCUT2D eigenvalue weighted by molar-refractivity contribution is 5.68. The summed E-state index contributed by atoms with van der Waals surface area (Å²) in [6, 6.07) is 9.74. The van der Waals surface area contributed by atoms with Crippen molar-refractivity contribution in [1.29, 1.82) is 5.26 Å². The van der Waals surface area contributed by atoms with Gasteiger partial charge in [-0.2, -0.15) is 10.2 Å². The molecule has 0 aliphatic carbocycles. The minimum Gasteiger partial charge on any atom is -0.481 e. The lowest BCUT2D eigenvalue weighted by Gasteiger charge is -2.23. The van der Waals surface area contributed by atoms with Crippen LogP contribution in [-0.2, 0) is 11.2 Å². The number of carbonyl (C=O) groups is 1. The van der Waals surface area contributed by atoms with E-state index in [1.165, 1.54) is 0 Å². The van der Waals surface area contributed by atoms with Crippen LogP contribution in [0, 0.1) is 18.3 Å². The lowest BCUT2D eigenvalue weighted by molar-refractivity contribution is -0.136. The summed E-state index contributed by atoms with van der Waals surface area (Å²) in [5, 5.41) is 22.4. The molecule has 30 heavy (non-hydrogen) atoms. The van der Waals surface area contributed by atoms with Gasteiger partial charge in [0.25, 0.3) is 5.89 Å². The minimum absolute atomic E-state index is 0.0847. The number of hydrogen-bond acceptors (Lipinski definition) is 7. The molecule has 1 aromatic carbocycles. The maximum Gasteiger partial charge on any atom is 0.303 e. The molecule has 0 unspecified atom stereocenters. The van der Waals surface area contributed by atoms with Crippen LogP contribution in [0.25, 0.3) is 22.8 Å². The molecule has 0 radical (unpaired) electrons. The molecule has 0 fully saturated rings. The molecule has 2 aromatic heterocycles. The van der Waals surface area contributed by atoms with E-state index in [0.29, 0.717) is 29.2 Å². The second-order valence-electron chi connectivity index (χ2n) is 7.38. The van der Waals surface area contributed by atoms with Gasteiger partial charge in [0, 0.05) is 31.3 Å². The summed E-state index contributed by atoms with van der Waals surface area (Å²) in [5.74, 6) is 0.482. The Labute approximate surface area is 174 Å². The number of nitrogens with zero attached hydrogens (tertiary/aromatic N) is 5. The van der Waals surface area contributed by atoms with E-state index >= 15 is 0 Å². The number of aryl methyl sites for hydroxylation is 2. The van der Waals surface area contributed by atoms with Gasteiger partial charge in [0.1, 0.15) is 11.9 Å². The number of benzene rings is 1. The highest BCUT2D eigenvalue weighted by atomic mass is 16.5. The van der Waals surface area contributed by atoms with Gasteiger partial charge in [0.15, 0.2) is 0 Å². The molecule has 3 aromatic rings. The van der Waals surface area contributed by atoms with Gasteiger partial charge >= 0.3 is 5.97 Å². The molecule has 0 bridgehead atoms. The van der Waals surface area contributed by atoms with Crippen LogP contribution in [0.3, 0.4) is 0 Å². The molecule has 0 amide bonds. The van der Waals surface area contributed by atoms with Gasteiger partial charge in [0.05, 0.1) is 11.1 Å². The van der Waals surface area contributed by atoms with Crippen molar-refractivity contribution in [2.75, 3.05) is 11.9 Å². The molecule has 8 heteroatoms. The number of rotatable bonds is 7. The molecule has 3 rings (SSSR count). The third kappa shape index (κ3) is 4.46. The Balaban J connectivity index is 1.88. The Morgan fingerprint density at radius 3 is 2.73 bits per heavy atom. The van der Waals surface area contributed by atoms with Gasteiger partial charge in [-0.15, -0.1) is 0 Å². The fourth-order valence-electron chi connectivity index (χ4n) is 3.02. The van der Waals surface area contributed by atoms with Crippen LogP contribution in [0.4, 0.5) is 5.82 Å². The van der Waals surface area contributed by atoms with Gasteiger partial charge in [-0.05, 0) is 44.4 Å². The number of anilines is 1. The van der Waals surface area contributed by atoms with E-state index in [1.54, 1.807) is 12.3 Å². The van der Waals surface area contributed by atoms with E-state index in [4.69, 9.17) is 9.63 Å². The summed E-state index contributed by atoms with van der Waals surface area (Å²) in [7, 11) is 1.89. The number of carboxylic acid groups (broad SMARTS) is 1. The summed E-state index contributed by atoms with van der Waals surface area (Å²) in [6.45, 7) is 5.97. The van der Waals surface area contributed by atoms with Gasteiger partial charge in [-0.3, -0.25) is 4.79 Å². The zero-order chi connectivity index (χ0) is 21.8. The van der Waals surface area contributed by atoms with E-state index in [9.17, 15) is 10.1 Å². The number of aliphatic carboxylic acids is 1. The van der Waals surface area contributed by atoms with Crippen LogP contribution in [0.5, 0.6) is 0 Å². The molecule has 0 aliphatic heterocycles. The van der Waals surface area contributed by atoms with E-state index in [1.807, 2.05) is 50.9 Å². The monoisotopic (exact) mass is 405 g/mol. The lowest BCUT2D eigenvalue weighted by atomic mass is 10.0. The van der Waals surface area contributed by atoms with E-state index < -0.39 is 5.97 Å². The van der Waals surface area contributed by atoms with Gasteiger partial charge in [-0.1, -0.05) is 23.4 Å². The van der Waals surface area contributed by atoms with E-state index in [2.05, 4.69) is 21.2 Å². The fraction of sp³-hybridized carbons (Fsp3) is 0.318. The fourth-order valence-corrected chi connectivity index (χ4v) is 3.02. The number of carboxylic acids is 1. The van der Waals surface area contributed by atoms with Crippen molar-refractivity contribution < 1.29 is 14.4 Å². The third-order valence-electron chi connectivity index (χ3n) is 4.93. The Hall–Kier alpha value is -3.73. The smallest absolute Gasteiger partial charge is 0.303 e. The van der Waals surface area contributed by atoms with Crippen molar-refractivity contribution in [2.24, 2.45) is 0 Å². The second kappa shape index (κ2) is 8.74. The molecule has 0 saturated carbocycles. The first-order valence-electron chi connectivity index (χ1n) is 9.59. The first-order valence-corrected chi connectivity index (χ1v) is 9.59. The normalized spacial score (nSPS) is 10.8. The van der Waals surface area contributed by atoms with Crippen LogP contribution in [0.1, 0.15) is 37.0 Å². The maximum absolute atomic E-state index is 10.8. The maximum atomic E-state index is 10.8. The number of aromatic nitrogens is 3. The first kappa shape index (κ1) is 21.0. The Morgan fingerprint density at radius 1 is 1.33 bits per heavy atom. The molecule has 0 saturated heterocycles. The summed E-state index contributed by atoms with van der Waals surface area (Å²) in [6.07, 6.45) is 2.17. The number of nitriles is 1. The van der Waals surface area contributed by atoms with E-state index in [-0.39, 0.29) is 18.4 Å². The summed E-state index contributed by atoms with van der Waals surface area (Å²) >= 11 is 0. The van der Waals surface area contributed by atoms with Crippen molar-refractivity contribution in [1.82, 2.24) is 15.1 Å². The Bertz CT molecular complexity index is 1110. The predicted octanol–water partition coefficient (Wildman–Crippen LogP) is 3.84. The summed E-state index contributed by atoms with van der Waals surface area (Å²) in [4.78, 5) is 21.6. The average molecular weight is 405 g/mol. The average Bonchev–Trinajstić information content (AvgIpc) is 3.21. The standard InChI is InChI=1S/C22H23N5O3/c1-13(2)27(4)21-16(11-23)10-17(12-24-21)22-25-20(26-30-22)18-7-5-15(9-14(18)3)6-8-19(28)29/h5,7,9-10,12-13H,6,8H2,1-4H3,(H,28,29). The minimum atomic E-state index is -0.824. The number of pyridine rings is 1. The predicted molar refractivity (Wildman–Crippen MR) is 112 cm³/mol. The number of hydrogen-bond donors (Lipinski definition) is 1. The quantitative estimate of drug-likeness (QED) is 0.630. The topological polar surface area (TPSA) is 116 Å². The molecule has 0 aliphatic rings. The largest absolute Gasteiger partial charge is 0.481 e.